The lowest BCUT2D eigenvalue weighted by atomic mass is 10.1. The lowest BCUT2D eigenvalue weighted by molar-refractivity contribution is 0.0527. The summed E-state index contributed by atoms with van der Waals surface area (Å²) in [7, 11) is 1.75. The lowest BCUT2D eigenvalue weighted by Gasteiger charge is -2.07. The van der Waals surface area contributed by atoms with Gasteiger partial charge in [0.15, 0.2) is 5.82 Å². The third-order valence-corrected chi connectivity index (χ3v) is 4.48. The molecule has 3 aromatic rings. The monoisotopic (exact) mass is 344 g/mol. The number of hydrogen-bond donors (Lipinski definition) is 1. The van der Waals surface area contributed by atoms with Crippen molar-refractivity contribution in [3.63, 3.8) is 0 Å². The fourth-order valence-corrected chi connectivity index (χ4v) is 3.34. The topological polar surface area (TPSA) is 89.1 Å². The highest BCUT2D eigenvalue weighted by atomic mass is 32.1. The molecule has 0 aliphatic heterocycles. The van der Waals surface area contributed by atoms with Crippen LogP contribution in [0, 0.1) is 6.92 Å². The summed E-state index contributed by atoms with van der Waals surface area (Å²) in [6, 6.07) is 4.95. The summed E-state index contributed by atoms with van der Waals surface area (Å²) in [5, 5.41) is 23.3. The predicted octanol–water partition coefficient (Wildman–Crippen LogP) is 4.24. The van der Waals surface area contributed by atoms with Crippen molar-refractivity contribution in [2.75, 3.05) is 6.61 Å². The first kappa shape index (κ1) is 16.1. The number of fused-ring (bicyclic) bond motifs is 1. The van der Waals surface area contributed by atoms with Crippen LogP contribution in [0.5, 0.6) is 5.75 Å². The first-order valence-corrected chi connectivity index (χ1v) is 8.16. The molecule has 0 aliphatic carbocycles. The van der Waals surface area contributed by atoms with Gasteiger partial charge in [0.25, 0.3) is 0 Å². The van der Waals surface area contributed by atoms with Crippen LogP contribution in [0.4, 0.5) is 11.5 Å². The largest absolute Gasteiger partial charge is 0.507 e. The summed E-state index contributed by atoms with van der Waals surface area (Å²) < 4.78 is 7.35. The van der Waals surface area contributed by atoms with Crippen molar-refractivity contribution in [2.24, 2.45) is 17.3 Å². The number of carbonyl (C=O) groups excluding carboxylic acids is 1. The number of benzene rings is 1. The molecule has 0 bridgehead atoms. The number of hydrogen-bond acceptors (Lipinski definition) is 7. The molecule has 1 N–H and O–H groups in total. The molecule has 3 rings (SSSR count). The fraction of sp³-hybridized carbons (Fsp3) is 0.250. The van der Waals surface area contributed by atoms with Crippen LogP contribution in [0.3, 0.4) is 0 Å². The quantitative estimate of drug-likeness (QED) is 0.566. The minimum Gasteiger partial charge on any atom is -0.507 e. The third-order valence-electron chi connectivity index (χ3n) is 3.43. The van der Waals surface area contributed by atoms with Gasteiger partial charge >= 0.3 is 5.97 Å². The van der Waals surface area contributed by atoms with Gasteiger partial charge in [0.05, 0.1) is 23.1 Å². The Morgan fingerprint density at radius 1 is 1.42 bits per heavy atom. The number of rotatable bonds is 4. The van der Waals surface area contributed by atoms with E-state index in [0.717, 1.165) is 4.88 Å². The lowest BCUT2D eigenvalue weighted by Crippen LogP contribution is -2.04. The molecule has 0 radical (unpaired) electrons. The molecule has 1 aromatic carbocycles. The highest BCUT2D eigenvalue weighted by molar-refractivity contribution is 7.19. The minimum atomic E-state index is -0.542. The van der Waals surface area contributed by atoms with Gasteiger partial charge in [0, 0.05) is 23.4 Å². The van der Waals surface area contributed by atoms with Gasteiger partial charge < -0.3 is 9.84 Å². The van der Waals surface area contributed by atoms with Gasteiger partial charge in [0.2, 0.25) is 0 Å². The van der Waals surface area contributed by atoms with Crippen molar-refractivity contribution < 1.29 is 14.6 Å². The van der Waals surface area contributed by atoms with Gasteiger partial charge in [-0.1, -0.05) is 0 Å². The summed E-state index contributed by atoms with van der Waals surface area (Å²) in [6.07, 6.45) is 1.61. The summed E-state index contributed by atoms with van der Waals surface area (Å²) in [4.78, 5) is 13.2. The first-order valence-electron chi connectivity index (χ1n) is 7.34. The number of azo groups is 1. The number of aryl methyl sites for hydroxylation is 2. The van der Waals surface area contributed by atoms with Crippen LogP contribution >= 0.6 is 11.3 Å². The summed E-state index contributed by atoms with van der Waals surface area (Å²) in [6.45, 7) is 3.89. The first-order chi connectivity index (χ1) is 11.5. The van der Waals surface area contributed by atoms with Gasteiger partial charge in [-0.15, -0.1) is 21.6 Å². The zero-order valence-electron chi connectivity index (χ0n) is 13.5. The number of thiophene rings is 1. The number of esters is 1. The molecule has 0 saturated heterocycles. The Kier molecular flexibility index (Phi) is 4.30. The number of aromatic nitrogens is 2. The molecule has 0 aliphatic rings. The Labute approximate surface area is 142 Å². The number of phenols is 1. The average Bonchev–Trinajstić information content (AvgIpc) is 3.12. The van der Waals surface area contributed by atoms with Crippen molar-refractivity contribution >= 4 is 38.9 Å². The second-order valence-corrected chi connectivity index (χ2v) is 6.38. The van der Waals surface area contributed by atoms with E-state index in [0.29, 0.717) is 21.6 Å². The van der Waals surface area contributed by atoms with E-state index in [-0.39, 0.29) is 17.9 Å². The maximum atomic E-state index is 12.2. The van der Waals surface area contributed by atoms with Crippen LogP contribution < -0.4 is 0 Å². The van der Waals surface area contributed by atoms with Gasteiger partial charge in [-0.3, -0.25) is 0 Å². The number of nitrogens with zero attached hydrogens (tertiary/aromatic N) is 4. The number of ether oxygens (including phenoxy) is 1. The second kappa shape index (κ2) is 6.40. The molecule has 0 saturated carbocycles. The van der Waals surface area contributed by atoms with E-state index in [1.54, 1.807) is 30.9 Å². The maximum Gasteiger partial charge on any atom is 0.340 e. The summed E-state index contributed by atoms with van der Waals surface area (Å²) in [5.74, 6) is 0.0379. The Balaban J connectivity index is 2.20. The molecule has 2 heterocycles. The number of aromatic hydroxyl groups is 1. The van der Waals surface area contributed by atoms with Crippen molar-refractivity contribution in [2.45, 2.75) is 13.8 Å². The molecule has 0 spiro atoms. The molecule has 0 atom stereocenters. The van der Waals surface area contributed by atoms with Gasteiger partial charge in [0.1, 0.15) is 11.4 Å². The Hall–Kier alpha value is -2.74. The van der Waals surface area contributed by atoms with Crippen LogP contribution in [0.15, 0.2) is 34.6 Å². The fourth-order valence-electron chi connectivity index (χ4n) is 2.32. The zero-order chi connectivity index (χ0) is 17.3. The van der Waals surface area contributed by atoms with Gasteiger partial charge in [-0.25, -0.2) is 9.48 Å². The Bertz CT molecular complexity index is 942. The molecule has 8 heteroatoms. The summed E-state index contributed by atoms with van der Waals surface area (Å²) >= 11 is 1.44. The second-order valence-electron chi connectivity index (χ2n) is 5.13. The third kappa shape index (κ3) is 2.88. The smallest absolute Gasteiger partial charge is 0.340 e. The van der Waals surface area contributed by atoms with E-state index in [2.05, 4.69) is 15.3 Å². The minimum absolute atomic E-state index is 0.0249. The highest BCUT2D eigenvalue weighted by Gasteiger charge is 2.20. The molecular weight excluding hydrogens is 328 g/mol. The van der Waals surface area contributed by atoms with E-state index in [1.165, 1.54) is 17.4 Å². The van der Waals surface area contributed by atoms with E-state index < -0.39 is 5.97 Å². The molecule has 7 nitrogen and oxygen atoms in total. The molecule has 0 unspecified atom stereocenters. The highest BCUT2D eigenvalue weighted by Crippen LogP contribution is 2.42. The summed E-state index contributed by atoms with van der Waals surface area (Å²) in [5.41, 5.74) is 0.579. The molecule has 24 heavy (non-hydrogen) atoms. The van der Waals surface area contributed by atoms with Gasteiger partial charge in [-0.2, -0.15) is 5.10 Å². The van der Waals surface area contributed by atoms with E-state index in [9.17, 15) is 9.90 Å². The van der Waals surface area contributed by atoms with Crippen LogP contribution in [-0.4, -0.2) is 27.5 Å². The van der Waals surface area contributed by atoms with Crippen molar-refractivity contribution in [3.05, 3.63) is 34.8 Å². The van der Waals surface area contributed by atoms with Crippen LogP contribution in [0.25, 0.3) is 10.1 Å². The van der Waals surface area contributed by atoms with Crippen LogP contribution in [-0.2, 0) is 11.8 Å². The Morgan fingerprint density at radius 3 is 2.88 bits per heavy atom. The van der Waals surface area contributed by atoms with Crippen LogP contribution in [0.2, 0.25) is 0 Å². The molecule has 124 valence electrons. The molecule has 2 aromatic heterocycles. The molecule has 0 amide bonds. The van der Waals surface area contributed by atoms with Gasteiger partial charge in [-0.05, 0) is 26.0 Å². The van der Waals surface area contributed by atoms with E-state index in [4.69, 9.17) is 4.74 Å². The normalized spacial score (nSPS) is 11.5. The van der Waals surface area contributed by atoms with Crippen molar-refractivity contribution in [1.29, 1.82) is 0 Å². The number of carbonyl (C=O) groups is 1. The SMILES string of the molecule is CCOC(=O)c1cc(O)c2cc(C)sc2c1N=Nc1ccnn1C. The Morgan fingerprint density at radius 2 is 2.21 bits per heavy atom. The van der Waals surface area contributed by atoms with E-state index >= 15 is 0 Å². The van der Waals surface area contributed by atoms with E-state index in [1.807, 2.05) is 13.0 Å². The standard InChI is InChI=1S/C16H16N4O3S/c1-4-23-16(22)11-8-12(21)10-7-9(2)24-15(10)14(11)19-18-13-5-6-17-20(13)3/h5-8,21H,4H2,1-3H3. The maximum absolute atomic E-state index is 12.2. The molecular formula is C16H16N4O3S. The predicted molar refractivity (Wildman–Crippen MR) is 91.6 cm³/mol. The van der Waals surface area contributed by atoms with Crippen LogP contribution in [0.1, 0.15) is 22.2 Å². The average molecular weight is 344 g/mol. The molecule has 0 fully saturated rings. The number of phenolic OH excluding ortho intramolecular Hbond substituents is 1. The zero-order valence-corrected chi connectivity index (χ0v) is 14.3. The van der Waals surface area contributed by atoms with Crippen molar-refractivity contribution in [3.8, 4) is 5.75 Å². The van der Waals surface area contributed by atoms with Crippen molar-refractivity contribution in [1.82, 2.24) is 9.78 Å².